The Morgan fingerprint density at radius 2 is 2.04 bits per heavy atom. The lowest BCUT2D eigenvalue weighted by molar-refractivity contribution is 0.0384. The topological polar surface area (TPSA) is 35.2 Å². The minimum absolute atomic E-state index is 0.263. The normalized spacial score (nSPS) is 22.9. The van der Waals surface area contributed by atoms with Crippen molar-refractivity contribution < 1.29 is 4.74 Å². The SMILES string of the molecule is C=C/C=C(\C=C)COCC1CC(N)(c2cccc(Cl)c2C)C1.CC. The van der Waals surface area contributed by atoms with Crippen LogP contribution in [0.1, 0.15) is 37.8 Å². The highest BCUT2D eigenvalue weighted by Gasteiger charge is 2.43. The standard InChI is InChI=1S/C19H24ClNO.C2H6/c1-4-7-15(5-2)12-22-13-16-10-19(21,11-16)17-8-6-9-18(20)14(17)3;1-2/h4-9,16H,1-2,10-13,21H2,3H3;1-2H3/b15-7+;. The van der Waals surface area contributed by atoms with Crippen molar-refractivity contribution in [3.05, 3.63) is 71.3 Å². The van der Waals surface area contributed by atoms with E-state index >= 15 is 0 Å². The van der Waals surface area contributed by atoms with Gasteiger partial charge in [0.25, 0.3) is 0 Å². The fourth-order valence-electron chi connectivity index (χ4n) is 3.12. The molecule has 24 heavy (non-hydrogen) atoms. The minimum atomic E-state index is -0.263. The van der Waals surface area contributed by atoms with E-state index in [2.05, 4.69) is 19.2 Å². The molecule has 0 radical (unpaired) electrons. The fraction of sp³-hybridized carbons (Fsp3) is 0.429. The van der Waals surface area contributed by atoms with E-state index in [0.717, 1.165) is 41.2 Å². The van der Waals surface area contributed by atoms with Gasteiger partial charge in [-0.3, -0.25) is 0 Å². The molecule has 2 rings (SSSR count). The van der Waals surface area contributed by atoms with Gasteiger partial charge in [-0.05, 0) is 48.4 Å². The van der Waals surface area contributed by atoms with E-state index in [1.807, 2.05) is 39.0 Å². The number of ether oxygens (including phenoxy) is 1. The molecule has 3 heteroatoms. The molecule has 0 atom stereocenters. The summed E-state index contributed by atoms with van der Waals surface area (Å²) < 4.78 is 5.76. The van der Waals surface area contributed by atoms with Crippen LogP contribution >= 0.6 is 11.6 Å². The molecule has 0 amide bonds. The van der Waals surface area contributed by atoms with Crippen LogP contribution in [0.5, 0.6) is 0 Å². The van der Waals surface area contributed by atoms with E-state index in [9.17, 15) is 0 Å². The summed E-state index contributed by atoms with van der Waals surface area (Å²) >= 11 is 6.20. The van der Waals surface area contributed by atoms with E-state index in [1.165, 1.54) is 0 Å². The molecular weight excluding hydrogens is 318 g/mol. The molecule has 1 aliphatic rings. The van der Waals surface area contributed by atoms with Gasteiger partial charge in [-0.25, -0.2) is 0 Å². The van der Waals surface area contributed by atoms with Gasteiger partial charge in [0, 0.05) is 17.2 Å². The van der Waals surface area contributed by atoms with Crippen molar-refractivity contribution >= 4 is 11.6 Å². The van der Waals surface area contributed by atoms with E-state index < -0.39 is 0 Å². The Kier molecular flexibility index (Phi) is 8.47. The molecule has 1 aliphatic carbocycles. The molecule has 0 bridgehead atoms. The van der Waals surface area contributed by atoms with Crippen LogP contribution in [0.4, 0.5) is 0 Å². The number of halogens is 1. The molecule has 1 aromatic rings. The Hall–Kier alpha value is -1.35. The molecule has 0 saturated heterocycles. The van der Waals surface area contributed by atoms with Crippen LogP contribution in [0.15, 0.2) is 55.2 Å². The summed E-state index contributed by atoms with van der Waals surface area (Å²) in [6.45, 7) is 14.8. The van der Waals surface area contributed by atoms with Gasteiger partial charge >= 0.3 is 0 Å². The Balaban J connectivity index is 0.00000139. The minimum Gasteiger partial charge on any atom is -0.376 e. The first-order chi connectivity index (χ1) is 11.5. The van der Waals surface area contributed by atoms with Crippen molar-refractivity contribution in [1.29, 1.82) is 0 Å². The molecule has 132 valence electrons. The Labute approximate surface area is 152 Å². The zero-order chi connectivity index (χ0) is 18.2. The number of nitrogens with two attached hydrogens (primary N) is 1. The molecule has 1 fully saturated rings. The van der Waals surface area contributed by atoms with Crippen LogP contribution in [0.25, 0.3) is 0 Å². The van der Waals surface area contributed by atoms with E-state index in [1.54, 1.807) is 12.2 Å². The Morgan fingerprint density at radius 3 is 2.62 bits per heavy atom. The molecule has 0 spiro atoms. The predicted molar refractivity (Wildman–Crippen MR) is 105 cm³/mol. The lowest BCUT2D eigenvalue weighted by Gasteiger charge is -2.46. The van der Waals surface area contributed by atoms with Gasteiger partial charge in [-0.15, -0.1) is 0 Å². The summed E-state index contributed by atoms with van der Waals surface area (Å²) in [5.74, 6) is 0.498. The summed E-state index contributed by atoms with van der Waals surface area (Å²) in [6.07, 6.45) is 7.32. The molecule has 1 saturated carbocycles. The van der Waals surface area contributed by atoms with Gasteiger partial charge in [0.2, 0.25) is 0 Å². The highest BCUT2D eigenvalue weighted by atomic mass is 35.5. The monoisotopic (exact) mass is 347 g/mol. The third-order valence-corrected chi connectivity index (χ3v) is 4.74. The lowest BCUT2D eigenvalue weighted by Crippen LogP contribution is -2.50. The van der Waals surface area contributed by atoms with Gasteiger partial charge in [0.1, 0.15) is 0 Å². The molecule has 1 aromatic carbocycles. The molecule has 2 N–H and O–H groups in total. The number of hydrogen-bond donors (Lipinski definition) is 1. The van der Waals surface area contributed by atoms with Crippen molar-refractivity contribution in [3.63, 3.8) is 0 Å². The number of rotatable bonds is 7. The van der Waals surface area contributed by atoms with Crippen molar-refractivity contribution in [1.82, 2.24) is 0 Å². The fourth-order valence-corrected chi connectivity index (χ4v) is 3.30. The quantitative estimate of drug-likeness (QED) is 0.656. The van der Waals surface area contributed by atoms with Gasteiger partial charge in [-0.2, -0.15) is 0 Å². The zero-order valence-corrected chi connectivity index (χ0v) is 15.9. The molecule has 0 aliphatic heterocycles. The van der Waals surface area contributed by atoms with E-state index in [-0.39, 0.29) is 5.54 Å². The third kappa shape index (κ3) is 5.07. The van der Waals surface area contributed by atoms with Gasteiger partial charge in [0.05, 0.1) is 6.61 Å². The van der Waals surface area contributed by atoms with Crippen molar-refractivity contribution in [2.75, 3.05) is 13.2 Å². The molecule has 2 nitrogen and oxygen atoms in total. The van der Waals surface area contributed by atoms with Crippen molar-refractivity contribution in [3.8, 4) is 0 Å². The van der Waals surface area contributed by atoms with E-state index in [0.29, 0.717) is 12.5 Å². The second kappa shape index (κ2) is 9.83. The number of benzene rings is 1. The van der Waals surface area contributed by atoms with Gasteiger partial charge in [0.15, 0.2) is 0 Å². The highest BCUT2D eigenvalue weighted by molar-refractivity contribution is 6.31. The van der Waals surface area contributed by atoms with Crippen LogP contribution < -0.4 is 5.73 Å². The summed E-state index contributed by atoms with van der Waals surface area (Å²) in [7, 11) is 0. The van der Waals surface area contributed by atoms with Crippen molar-refractivity contribution in [2.45, 2.75) is 39.2 Å². The highest BCUT2D eigenvalue weighted by Crippen LogP contribution is 2.45. The third-order valence-electron chi connectivity index (χ3n) is 4.33. The van der Waals surface area contributed by atoms with Gasteiger partial charge < -0.3 is 10.5 Å². The first-order valence-corrected chi connectivity index (χ1v) is 8.94. The summed E-state index contributed by atoms with van der Waals surface area (Å²) in [5, 5.41) is 0.784. The van der Waals surface area contributed by atoms with Crippen LogP contribution in [0.2, 0.25) is 5.02 Å². The average Bonchev–Trinajstić information content (AvgIpc) is 2.56. The second-order valence-corrected chi connectivity index (χ2v) is 6.45. The first-order valence-electron chi connectivity index (χ1n) is 8.56. The van der Waals surface area contributed by atoms with E-state index in [4.69, 9.17) is 22.1 Å². The van der Waals surface area contributed by atoms with Crippen LogP contribution in [0, 0.1) is 12.8 Å². The molecule has 0 heterocycles. The molecule has 0 aromatic heterocycles. The first kappa shape index (κ1) is 20.7. The molecular formula is C21H30ClNO. The summed E-state index contributed by atoms with van der Waals surface area (Å²) in [4.78, 5) is 0. The lowest BCUT2D eigenvalue weighted by atomic mass is 9.65. The maximum atomic E-state index is 6.53. The predicted octanol–water partition coefficient (Wildman–Crippen LogP) is 5.55. The zero-order valence-electron chi connectivity index (χ0n) is 15.1. The van der Waals surface area contributed by atoms with Gasteiger partial charge in [-0.1, -0.05) is 69.0 Å². The number of allylic oxidation sites excluding steroid dienone is 2. The van der Waals surface area contributed by atoms with Crippen LogP contribution in [-0.2, 0) is 10.3 Å². The molecule has 0 unspecified atom stereocenters. The number of hydrogen-bond acceptors (Lipinski definition) is 2. The Bertz CT molecular complexity index is 586. The largest absolute Gasteiger partial charge is 0.376 e. The van der Waals surface area contributed by atoms with Crippen LogP contribution in [-0.4, -0.2) is 13.2 Å². The maximum Gasteiger partial charge on any atom is 0.0716 e. The van der Waals surface area contributed by atoms with Crippen molar-refractivity contribution in [2.24, 2.45) is 11.7 Å². The maximum absolute atomic E-state index is 6.53. The van der Waals surface area contributed by atoms with Crippen LogP contribution in [0.3, 0.4) is 0 Å². The Morgan fingerprint density at radius 1 is 1.38 bits per heavy atom. The smallest absolute Gasteiger partial charge is 0.0716 e. The second-order valence-electron chi connectivity index (χ2n) is 6.04. The summed E-state index contributed by atoms with van der Waals surface area (Å²) in [5.41, 5.74) is 9.57. The average molecular weight is 348 g/mol. The summed E-state index contributed by atoms with van der Waals surface area (Å²) in [6, 6.07) is 5.96.